The van der Waals surface area contributed by atoms with Crippen molar-refractivity contribution < 1.29 is 26.4 Å². The minimum atomic E-state index is -4.45. The summed E-state index contributed by atoms with van der Waals surface area (Å²) in [5, 5.41) is 7.24. The lowest BCUT2D eigenvalue weighted by atomic mass is 9.94. The lowest BCUT2D eigenvalue weighted by Crippen LogP contribution is -2.48. The summed E-state index contributed by atoms with van der Waals surface area (Å²) in [6.45, 7) is 5.88. The molecule has 2 unspecified atom stereocenters. The molecule has 276 valence electrons. The van der Waals surface area contributed by atoms with Gasteiger partial charge >= 0.3 is 6.18 Å². The second-order valence-electron chi connectivity index (χ2n) is 13.3. The molecule has 0 bridgehead atoms. The van der Waals surface area contributed by atoms with Crippen LogP contribution in [0.3, 0.4) is 0 Å². The van der Waals surface area contributed by atoms with Crippen LogP contribution in [0.4, 0.5) is 13.2 Å². The average molecular weight is 794 g/mol. The Kier molecular flexibility index (Phi) is 11.7. The maximum Gasteiger partial charge on any atom is 0.416 e. The number of nitrogens with one attached hydrogen (secondary N) is 2. The predicted octanol–water partition coefficient (Wildman–Crippen LogP) is 7.77. The molecule has 1 amide bonds. The van der Waals surface area contributed by atoms with E-state index in [1.165, 1.54) is 32.5 Å². The molecule has 4 heterocycles. The number of alkyl halides is 3. The highest BCUT2D eigenvalue weighted by atomic mass is 35.5. The number of hydrogen-bond donors (Lipinski definition) is 2. The standard InChI is InChI=1S/C36H37Cl2F3N6O3S2/c1-23-18-24(2)22-46(21-23)52(49,50)42-20-29-33(35(48)44-45-16-4-3-5-17-45)43-47(31-14-11-27(37)19-30(31)38)34(29)32-15-13-28(51-32)12-8-25-6-9-26(10-7-25)36(39,40)41/h6-7,9-11,13-15,19,23-24,42H,3-5,16-18,20-22H2,1-2H3,(H,44,48). The van der Waals surface area contributed by atoms with Crippen LogP contribution in [0.1, 0.15) is 71.6 Å². The summed E-state index contributed by atoms with van der Waals surface area (Å²) in [6.07, 6.45) is -0.627. The van der Waals surface area contributed by atoms with Crippen molar-refractivity contribution in [2.75, 3.05) is 26.2 Å². The third-order valence-corrected chi connectivity index (χ3v) is 12.0. The maximum absolute atomic E-state index is 14.0. The molecule has 2 saturated heterocycles. The third-order valence-electron chi connectivity index (χ3n) is 8.94. The first-order valence-electron chi connectivity index (χ1n) is 16.9. The fourth-order valence-corrected chi connectivity index (χ4v) is 9.37. The van der Waals surface area contributed by atoms with Crippen LogP contribution >= 0.6 is 34.5 Å². The Hall–Kier alpha value is -3.42. The van der Waals surface area contributed by atoms with Gasteiger partial charge in [-0.15, -0.1) is 11.3 Å². The van der Waals surface area contributed by atoms with E-state index < -0.39 is 27.9 Å². The molecule has 4 aromatic rings. The first kappa shape index (κ1) is 38.3. The normalized spacial score (nSPS) is 18.9. The summed E-state index contributed by atoms with van der Waals surface area (Å²) < 4.78 is 72.3. The first-order valence-corrected chi connectivity index (χ1v) is 19.9. The van der Waals surface area contributed by atoms with Crippen LogP contribution in [0.15, 0.2) is 54.6 Å². The number of rotatable bonds is 8. The zero-order valence-corrected chi connectivity index (χ0v) is 31.6. The number of carbonyl (C=O) groups excluding carboxylic acids is 1. The van der Waals surface area contributed by atoms with E-state index in [1.807, 2.05) is 18.9 Å². The van der Waals surface area contributed by atoms with Crippen molar-refractivity contribution in [2.45, 2.75) is 52.3 Å². The van der Waals surface area contributed by atoms with E-state index in [1.54, 1.807) is 30.3 Å². The molecule has 2 aliphatic rings. The monoisotopic (exact) mass is 792 g/mol. The van der Waals surface area contributed by atoms with E-state index in [0.29, 0.717) is 63.5 Å². The van der Waals surface area contributed by atoms with Crippen LogP contribution in [0.2, 0.25) is 10.0 Å². The Balaban J connectivity index is 1.43. The van der Waals surface area contributed by atoms with Crippen molar-refractivity contribution in [1.29, 1.82) is 0 Å². The van der Waals surface area contributed by atoms with Crippen molar-refractivity contribution >= 4 is 50.7 Å². The summed E-state index contributed by atoms with van der Waals surface area (Å²) in [7, 11) is -3.96. The summed E-state index contributed by atoms with van der Waals surface area (Å²) in [6, 6.07) is 12.9. The highest BCUT2D eigenvalue weighted by molar-refractivity contribution is 7.87. The molecule has 52 heavy (non-hydrogen) atoms. The second-order valence-corrected chi connectivity index (χ2v) is 16.9. The van der Waals surface area contributed by atoms with Crippen LogP contribution < -0.4 is 10.1 Å². The van der Waals surface area contributed by atoms with Gasteiger partial charge < -0.3 is 0 Å². The van der Waals surface area contributed by atoms with Gasteiger partial charge in [0.1, 0.15) is 0 Å². The van der Waals surface area contributed by atoms with Gasteiger partial charge in [0.15, 0.2) is 5.69 Å². The lowest BCUT2D eigenvalue weighted by molar-refractivity contribution is -0.137. The maximum atomic E-state index is 14.0. The van der Waals surface area contributed by atoms with Gasteiger partial charge in [0.2, 0.25) is 0 Å². The summed E-state index contributed by atoms with van der Waals surface area (Å²) in [5.41, 5.74) is 3.76. The van der Waals surface area contributed by atoms with Crippen molar-refractivity contribution in [2.24, 2.45) is 11.8 Å². The van der Waals surface area contributed by atoms with Crippen LogP contribution in [0.5, 0.6) is 0 Å². The van der Waals surface area contributed by atoms with Crippen molar-refractivity contribution in [3.63, 3.8) is 0 Å². The van der Waals surface area contributed by atoms with Crippen molar-refractivity contribution in [3.8, 4) is 28.1 Å². The minimum absolute atomic E-state index is 0.0143. The van der Waals surface area contributed by atoms with Crippen molar-refractivity contribution in [3.05, 3.63) is 91.9 Å². The number of benzene rings is 2. The largest absolute Gasteiger partial charge is 0.416 e. The molecule has 2 N–H and O–H groups in total. The van der Waals surface area contributed by atoms with E-state index in [9.17, 15) is 26.4 Å². The number of carbonyl (C=O) groups is 1. The molecule has 2 aliphatic heterocycles. The zero-order chi connectivity index (χ0) is 37.2. The highest BCUT2D eigenvalue weighted by Gasteiger charge is 2.33. The van der Waals surface area contributed by atoms with Crippen LogP contribution in [0.25, 0.3) is 16.3 Å². The van der Waals surface area contributed by atoms with E-state index in [0.717, 1.165) is 37.8 Å². The molecule has 0 aliphatic carbocycles. The van der Waals surface area contributed by atoms with E-state index in [2.05, 4.69) is 22.0 Å². The molecule has 2 atom stereocenters. The Bertz CT molecular complexity index is 2090. The molecule has 0 spiro atoms. The van der Waals surface area contributed by atoms with Crippen LogP contribution in [0, 0.1) is 23.7 Å². The smallest absolute Gasteiger partial charge is 0.283 e. The highest BCUT2D eigenvalue weighted by Crippen LogP contribution is 2.37. The molecule has 2 fully saturated rings. The first-order chi connectivity index (χ1) is 24.7. The van der Waals surface area contributed by atoms with Crippen LogP contribution in [-0.2, 0) is 22.9 Å². The summed E-state index contributed by atoms with van der Waals surface area (Å²) in [5.74, 6) is 5.78. The van der Waals surface area contributed by atoms with Gasteiger partial charge in [0.05, 0.1) is 31.7 Å². The second kappa shape index (κ2) is 15.9. The number of amides is 1. The topological polar surface area (TPSA) is 99.6 Å². The van der Waals surface area contributed by atoms with Crippen LogP contribution in [-0.4, -0.2) is 59.6 Å². The number of piperidine rings is 2. The predicted molar refractivity (Wildman–Crippen MR) is 197 cm³/mol. The molecule has 9 nitrogen and oxygen atoms in total. The number of hydrogen-bond acceptors (Lipinski definition) is 6. The van der Waals surface area contributed by atoms with Gasteiger partial charge in [-0.05, 0) is 85.7 Å². The average Bonchev–Trinajstić information content (AvgIpc) is 3.71. The molecular weight excluding hydrogens is 756 g/mol. The number of nitrogens with zero attached hydrogens (tertiary/aromatic N) is 4. The van der Waals surface area contributed by atoms with Gasteiger partial charge in [-0.2, -0.15) is 35.7 Å². The lowest BCUT2D eigenvalue weighted by Gasteiger charge is -2.34. The number of halogens is 5. The van der Waals surface area contributed by atoms with Gasteiger partial charge in [0.25, 0.3) is 16.1 Å². The Morgan fingerprint density at radius 2 is 1.67 bits per heavy atom. The fourth-order valence-electron chi connectivity index (χ4n) is 6.55. The molecule has 2 aromatic heterocycles. The van der Waals surface area contributed by atoms with Crippen molar-refractivity contribution in [1.82, 2.24) is 29.2 Å². The quantitative estimate of drug-likeness (QED) is 0.178. The number of hydrazine groups is 1. The number of aromatic nitrogens is 2. The van der Waals surface area contributed by atoms with E-state index in [-0.39, 0.29) is 29.1 Å². The molecule has 2 aromatic carbocycles. The third kappa shape index (κ3) is 9.02. The Labute approximate surface area is 315 Å². The van der Waals surface area contributed by atoms with E-state index >= 15 is 0 Å². The van der Waals surface area contributed by atoms with Gasteiger partial charge in [-0.3, -0.25) is 10.2 Å². The summed E-state index contributed by atoms with van der Waals surface area (Å²) >= 11 is 14.2. The molecular formula is C36H37Cl2F3N6O3S2. The van der Waals surface area contributed by atoms with Gasteiger partial charge in [0, 0.05) is 48.9 Å². The summed E-state index contributed by atoms with van der Waals surface area (Å²) in [4.78, 5) is 15.2. The SMILES string of the molecule is CC1CC(C)CN(S(=O)(=O)NCc2c(C(=O)NN3CCCCC3)nn(-c3ccc(Cl)cc3Cl)c2-c2ccc(C#Cc3ccc(C(F)(F)F)cc3)s2)C1. The molecule has 16 heteroatoms. The van der Waals surface area contributed by atoms with Gasteiger partial charge in [-0.25, -0.2) is 9.69 Å². The minimum Gasteiger partial charge on any atom is -0.283 e. The molecule has 0 saturated carbocycles. The number of thiophene rings is 1. The van der Waals surface area contributed by atoms with E-state index in [4.69, 9.17) is 28.3 Å². The molecule has 6 rings (SSSR count). The Morgan fingerprint density at radius 3 is 2.33 bits per heavy atom. The molecule has 0 radical (unpaired) electrons. The zero-order valence-electron chi connectivity index (χ0n) is 28.4. The Morgan fingerprint density at radius 1 is 0.981 bits per heavy atom. The fraction of sp³-hybridized carbons (Fsp3) is 0.389. The van der Waals surface area contributed by atoms with Gasteiger partial charge in [-0.1, -0.05) is 55.3 Å².